The zero-order valence-electron chi connectivity index (χ0n) is 11.0. The third-order valence-electron chi connectivity index (χ3n) is 3.11. The van der Waals surface area contributed by atoms with Crippen LogP contribution in [0.2, 0.25) is 0 Å². The van der Waals surface area contributed by atoms with Gasteiger partial charge < -0.3 is 15.2 Å². The van der Waals surface area contributed by atoms with Crippen LogP contribution in [0.25, 0.3) is 5.57 Å². The molecular formula is C14H16F3NO2. The Labute approximate surface area is 115 Å². The fourth-order valence-electron chi connectivity index (χ4n) is 1.95. The van der Waals surface area contributed by atoms with Crippen molar-refractivity contribution in [1.29, 1.82) is 0 Å². The molecule has 110 valence electrons. The van der Waals surface area contributed by atoms with Gasteiger partial charge in [-0.2, -0.15) is 13.2 Å². The van der Waals surface area contributed by atoms with Gasteiger partial charge in [0.1, 0.15) is 0 Å². The molecule has 0 aliphatic carbocycles. The molecule has 0 fully saturated rings. The van der Waals surface area contributed by atoms with E-state index in [1.807, 2.05) is 6.08 Å². The zero-order chi connectivity index (χ0) is 14.8. The largest absolute Gasteiger partial charge is 0.478 e. The van der Waals surface area contributed by atoms with Crippen molar-refractivity contribution in [2.45, 2.75) is 25.6 Å². The van der Waals surface area contributed by atoms with Crippen LogP contribution in [-0.4, -0.2) is 25.5 Å². The van der Waals surface area contributed by atoms with Gasteiger partial charge in [-0.25, -0.2) is 0 Å². The lowest BCUT2D eigenvalue weighted by molar-refractivity contribution is -0.189. The highest BCUT2D eigenvalue weighted by Gasteiger charge is 2.38. The number of benzene rings is 1. The van der Waals surface area contributed by atoms with Gasteiger partial charge in [-0.05, 0) is 25.0 Å². The molecule has 1 heterocycles. The molecular weight excluding hydrogens is 271 g/mol. The second-order valence-electron chi connectivity index (χ2n) is 4.58. The van der Waals surface area contributed by atoms with Crippen molar-refractivity contribution in [3.05, 3.63) is 29.8 Å². The Morgan fingerprint density at radius 1 is 1.35 bits per heavy atom. The monoisotopic (exact) mass is 287 g/mol. The molecule has 1 unspecified atom stereocenters. The van der Waals surface area contributed by atoms with E-state index in [1.165, 1.54) is 6.07 Å². The molecule has 2 rings (SSSR count). The van der Waals surface area contributed by atoms with Gasteiger partial charge in [0.05, 0.1) is 18.9 Å². The van der Waals surface area contributed by atoms with E-state index in [0.717, 1.165) is 12.5 Å². The minimum absolute atomic E-state index is 0.0884. The van der Waals surface area contributed by atoms with Crippen LogP contribution in [0.15, 0.2) is 24.3 Å². The molecule has 0 radical (unpaired) electrons. The Balaban J connectivity index is 2.34. The van der Waals surface area contributed by atoms with Crippen LogP contribution >= 0.6 is 0 Å². The number of nitrogens with two attached hydrogens (primary N) is 1. The molecule has 1 aliphatic heterocycles. The molecule has 0 bridgehead atoms. The minimum atomic E-state index is -4.43. The van der Waals surface area contributed by atoms with Crippen LogP contribution < -0.4 is 10.5 Å². The van der Waals surface area contributed by atoms with Crippen molar-refractivity contribution in [1.82, 2.24) is 0 Å². The number of ether oxygens (including phenoxy) is 2. The second kappa shape index (κ2) is 5.75. The van der Waals surface area contributed by atoms with Gasteiger partial charge in [0, 0.05) is 5.56 Å². The number of anilines is 1. The maximum atomic E-state index is 12.6. The minimum Gasteiger partial charge on any atom is -0.478 e. The van der Waals surface area contributed by atoms with Gasteiger partial charge in [0.25, 0.3) is 0 Å². The van der Waals surface area contributed by atoms with Gasteiger partial charge in [0.2, 0.25) is 0 Å². The molecule has 0 saturated heterocycles. The molecule has 6 heteroatoms. The summed E-state index contributed by atoms with van der Waals surface area (Å²) in [5.74, 6) is 0.0884. The predicted octanol–water partition coefficient (Wildman–Crippen LogP) is 3.40. The van der Waals surface area contributed by atoms with Crippen LogP contribution in [-0.2, 0) is 4.74 Å². The van der Waals surface area contributed by atoms with Crippen molar-refractivity contribution in [2.75, 3.05) is 18.9 Å². The van der Waals surface area contributed by atoms with Gasteiger partial charge in [-0.15, -0.1) is 0 Å². The number of hydrogen-bond acceptors (Lipinski definition) is 3. The average Bonchev–Trinajstić information content (AvgIpc) is 2.41. The number of hydrogen-bond donors (Lipinski definition) is 1. The Morgan fingerprint density at radius 3 is 2.70 bits per heavy atom. The first-order chi connectivity index (χ1) is 9.39. The lowest BCUT2D eigenvalue weighted by Gasteiger charge is -2.23. The summed E-state index contributed by atoms with van der Waals surface area (Å²) in [6.07, 6.45) is -3.88. The zero-order valence-corrected chi connectivity index (χ0v) is 11.0. The Morgan fingerprint density at radius 2 is 2.10 bits per heavy atom. The Hall–Kier alpha value is -1.69. The van der Waals surface area contributed by atoms with E-state index in [4.69, 9.17) is 15.2 Å². The highest BCUT2D eigenvalue weighted by molar-refractivity contribution is 5.76. The highest BCUT2D eigenvalue weighted by atomic mass is 19.4. The first-order valence-electron chi connectivity index (χ1n) is 6.28. The Kier molecular flexibility index (Phi) is 4.23. The molecule has 0 aromatic heterocycles. The summed E-state index contributed by atoms with van der Waals surface area (Å²) in [6, 6.07) is 4.94. The summed E-state index contributed by atoms with van der Waals surface area (Å²) < 4.78 is 48.2. The van der Waals surface area contributed by atoms with Crippen LogP contribution in [0.1, 0.15) is 18.9 Å². The molecule has 1 aromatic rings. The fraction of sp³-hybridized carbons (Fsp3) is 0.429. The number of nitrogen functional groups attached to an aromatic ring is 1. The molecule has 0 spiro atoms. The van der Waals surface area contributed by atoms with Gasteiger partial charge in [-0.3, -0.25) is 0 Å². The van der Waals surface area contributed by atoms with Gasteiger partial charge in [0.15, 0.2) is 11.9 Å². The first kappa shape index (κ1) is 14.7. The van der Waals surface area contributed by atoms with Crippen LogP contribution in [0, 0.1) is 0 Å². The molecule has 0 saturated carbocycles. The summed E-state index contributed by atoms with van der Waals surface area (Å²) in [5, 5.41) is 0. The van der Waals surface area contributed by atoms with E-state index in [-0.39, 0.29) is 11.4 Å². The van der Waals surface area contributed by atoms with E-state index >= 15 is 0 Å². The number of alkyl halides is 3. The van der Waals surface area contributed by atoms with Crippen LogP contribution in [0.5, 0.6) is 5.75 Å². The van der Waals surface area contributed by atoms with Crippen molar-refractivity contribution in [2.24, 2.45) is 0 Å². The van der Waals surface area contributed by atoms with Crippen molar-refractivity contribution < 1.29 is 22.6 Å². The lowest BCUT2D eigenvalue weighted by Crippen LogP contribution is -2.31. The Bertz CT molecular complexity index is 512. The maximum Gasteiger partial charge on any atom is 0.425 e. The normalized spacial score (nSPS) is 17.5. The lowest BCUT2D eigenvalue weighted by atomic mass is 10.00. The summed E-state index contributed by atoms with van der Waals surface area (Å²) in [4.78, 5) is 0. The molecule has 2 N–H and O–H groups in total. The smallest absolute Gasteiger partial charge is 0.425 e. The quantitative estimate of drug-likeness (QED) is 0.867. The average molecular weight is 287 g/mol. The standard InChI is InChI=1S/C14H16F3NO2/c1-9(14(15,16)17)20-13-11(3-2-4-12(13)18)10-5-7-19-8-6-10/h2-5,9H,6-8,18H2,1H3. The van der Waals surface area contributed by atoms with E-state index in [1.54, 1.807) is 12.1 Å². The van der Waals surface area contributed by atoms with E-state index in [2.05, 4.69) is 0 Å². The van der Waals surface area contributed by atoms with Crippen LogP contribution in [0.4, 0.5) is 18.9 Å². The molecule has 20 heavy (non-hydrogen) atoms. The number of halogens is 3. The first-order valence-corrected chi connectivity index (χ1v) is 6.28. The topological polar surface area (TPSA) is 44.5 Å². The number of para-hydroxylation sites is 1. The number of rotatable bonds is 3. The molecule has 1 aromatic carbocycles. The van der Waals surface area contributed by atoms with Crippen molar-refractivity contribution >= 4 is 11.3 Å². The molecule has 1 aliphatic rings. The molecule has 3 nitrogen and oxygen atoms in total. The highest BCUT2D eigenvalue weighted by Crippen LogP contribution is 2.36. The predicted molar refractivity (Wildman–Crippen MR) is 70.4 cm³/mol. The van der Waals surface area contributed by atoms with Gasteiger partial charge in [-0.1, -0.05) is 18.2 Å². The van der Waals surface area contributed by atoms with Crippen molar-refractivity contribution in [3.63, 3.8) is 0 Å². The third kappa shape index (κ3) is 3.25. The SMILES string of the molecule is CC(Oc1c(N)cccc1C1=CCOCC1)C(F)(F)F. The van der Waals surface area contributed by atoms with E-state index in [0.29, 0.717) is 25.2 Å². The van der Waals surface area contributed by atoms with Crippen molar-refractivity contribution in [3.8, 4) is 5.75 Å². The van der Waals surface area contributed by atoms with Crippen LogP contribution in [0.3, 0.4) is 0 Å². The summed E-state index contributed by atoms with van der Waals surface area (Å²) >= 11 is 0. The molecule has 0 amide bonds. The maximum absolute atomic E-state index is 12.6. The fourth-order valence-corrected chi connectivity index (χ4v) is 1.95. The van der Waals surface area contributed by atoms with E-state index < -0.39 is 12.3 Å². The summed E-state index contributed by atoms with van der Waals surface area (Å²) in [6.45, 7) is 1.95. The van der Waals surface area contributed by atoms with Gasteiger partial charge >= 0.3 is 6.18 Å². The van der Waals surface area contributed by atoms with E-state index in [9.17, 15) is 13.2 Å². The third-order valence-corrected chi connectivity index (χ3v) is 3.11. The summed E-state index contributed by atoms with van der Waals surface area (Å²) in [5.41, 5.74) is 7.47. The second-order valence-corrected chi connectivity index (χ2v) is 4.58. The molecule has 1 atom stereocenters. The summed E-state index contributed by atoms with van der Waals surface area (Å²) in [7, 11) is 0.